The summed E-state index contributed by atoms with van der Waals surface area (Å²) in [7, 11) is 1.77. The third-order valence-corrected chi connectivity index (χ3v) is 5.45. The van der Waals surface area contributed by atoms with Gasteiger partial charge in [-0.1, -0.05) is 0 Å². The third kappa shape index (κ3) is 2.37. The van der Waals surface area contributed by atoms with E-state index in [0.717, 1.165) is 30.8 Å². The van der Waals surface area contributed by atoms with E-state index in [1.54, 1.807) is 19.5 Å². The number of carbonyl (C=O) groups is 1. The number of rotatable bonds is 2. The number of nitrogens with zero attached hydrogens (tertiary/aromatic N) is 2. The Morgan fingerprint density at radius 3 is 2.95 bits per heavy atom. The van der Waals surface area contributed by atoms with Gasteiger partial charge in [-0.05, 0) is 25.0 Å². The first kappa shape index (κ1) is 12.9. The zero-order valence-corrected chi connectivity index (χ0v) is 12.1. The van der Waals surface area contributed by atoms with Gasteiger partial charge < -0.3 is 9.64 Å². The van der Waals surface area contributed by atoms with Crippen LogP contribution < -0.4 is 0 Å². The van der Waals surface area contributed by atoms with Crippen molar-refractivity contribution in [1.29, 1.82) is 0 Å². The number of hydrogen-bond acceptors (Lipinski definition) is 4. The van der Waals surface area contributed by atoms with Crippen LogP contribution in [0.3, 0.4) is 0 Å². The first-order valence-electron chi connectivity index (χ1n) is 6.50. The highest BCUT2D eigenvalue weighted by atomic mass is 32.2. The van der Waals surface area contributed by atoms with Crippen LogP contribution in [0.1, 0.15) is 22.3 Å². The summed E-state index contributed by atoms with van der Waals surface area (Å²) in [4.78, 5) is 18.3. The lowest BCUT2D eigenvalue weighted by molar-refractivity contribution is 0.0451. The number of amides is 1. The van der Waals surface area contributed by atoms with Gasteiger partial charge in [0.05, 0.1) is 16.4 Å². The molecule has 0 aromatic carbocycles. The summed E-state index contributed by atoms with van der Waals surface area (Å²) in [6, 6.07) is 1.90. The van der Waals surface area contributed by atoms with Crippen LogP contribution in [0.2, 0.25) is 0 Å². The maximum Gasteiger partial charge on any atom is 0.255 e. The zero-order valence-electron chi connectivity index (χ0n) is 11.3. The largest absolute Gasteiger partial charge is 0.381 e. The summed E-state index contributed by atoms with van der Waals surface area (Å²) in [6.45, 7) is 3.63. The zero-order chi connectivity index (χ0) is 13.5. The summed E-state index contributed by atoms with van der Waals surface area (Å²) in [6.07, 6.45) is 4.83. The fourth-order valence-corrected chi connectivity index (χ4v) is 4.41. The van der Waals surface area contributed by atoms with E-state index in [0.29, 0.717) is 11.7 Å². The molecule has 0 aliphatic carbocycles. The van der Waals surface area contributed by atoms with E-state index in [-0.39, 0.29) is 10.7 Å². The number of methoxy groups -OCH3 is 1. The smallest absolute Gasteiger partial charge is 0.255 e. The highest BCUT2D eigenvalue weighted by Crippen LogP contribution is 2.46. The molecule has 1 amide bonds. The summed E-state index contributed by atoms with van der Waals surface area (Å²) in [5.41, 5.74) is 1.72. The number of hydrogen-bond donors (Lipinski definition) is 0. The molecule has 0 unspecified atom stereocenters. The monoisotopic (exact) mass is 278 g/mol. The number of ether oxygens (including phenoxy) is 1. The van der Waals surface area contributed by atoms with Crippen LogP contribution in [0, 0.1) is 6.92 Å². The number of thioether (sulfide) groups is 1. The van der Waals surface area contributed by atoms with Crippen molar-refractivity contribution in [3.63, 3.8) is 0 Å². The van der Waals surface area contributed by atoms with E-state index in [1.165, 1.54) is 0 Å². The number of likely N-dealkylation sites (tertiary alicyclic amines) is 1. The first-order chi connectivity index (χ1) is 9.12. The molecule has 1 atom stereocenters. The lowest BCUT2D eigenvalue weighted by Gasteiger charge is -2.47. The maximum atomic E-state index is 12.3. The highest BCUT2D eigenvalue weighted by molar-refractivity contribution is 8.01. The van der Waals surface area contributed by atoms with Crippen molar-refractivity contribution in [2.75, 3.05) is 26.0 Å². The molecule has 5 heteroatoms. The number of aromatic nitrogens is 1. The van der Waals surface area contributed by atoms with Crippen LogP contribution in [-0.4, -0.2) is 52.6 Å². The van der Waals surface area contributed by atoms with Crippen molar-refractivity contribution in [2.24, 2.45) is 0 Å². The SMILES string of the molecule is CO[C@H]1CSC2(C1)CN(C(=O)c1cncc(C)c1)C2. The molecule has 0 saturated carbocycles. The number of carbonyl (C=O) groups excluding carboxylic acids is 1. The van der Waals surface area contributed by atoms with Crippen LogP contribution in [0.15, 0.2) is 18.5 Å². The molecule has 2 aliphatic heterocycles. The van der Waals surface area contributed by atoms with Crippen molar-refractivity contribution >= 4 is 17.7 Å². The van der Waals surface area contributed by atoms with Crippen LogP contribution >= 0.6 is 11.8 Å². The Labute approximate surface area is 117 Å². The van der Waals surface area contributed by atoms with Crippen molar-refractivity contribution < 1.29 is 9.53 Å². The summed E-state index contributed by atoms with van der Waals surface area (Å²) in [5, 5.41) is 0. The fourth-order valence-electron chi connectivity index (χ4n) is 2.82. The van der Waals surface area contributed by atoms with Gasteiger partial charge in [0.15, 0.2) is 0 Å². The van der Waals surface area contributed by atoms with Gasteiger partial charge in [-0.15, -0.1) is 11.8 Å². The Kier molecular flexibility index (Phi) is 3.27. The van der Waals surface area contributed by atoms with Crippen LogP contribution in [0.5, 0.6) is 0 Å². The molecule has 19 heavy (non-hydrogen) atoms. The van der Waals surface area contributed by atoms with E-state index in [1.807, 2.05) is 29.7 Å². The fraction of sp³-hybridized carbons (Fsp3) is 0.571. The van der Waals surface area contributed by atoms with Gasteiger partial charge >= 0.3 is 0 Å². The summed E-state index contributed by atoms with van der Waals surface area (Å²) >= 11 is 1.95. The summed E-state index contributed by atoms with van der Waals surface area (Å²) < 4.78 is 5.65. The lowest BCUT2D eigenvalue weighted by Crippen LogP contribution is -2.60. The highest BCUT2D eigenvalue weighted by Gasteiger charge is 2.50. The van der Waals surface area contributed by atoms with E-state index >= 15 is 0 Å². The Bertz CT molecular complexity index is 500. The van der Waals surface area contributed by atoms with E-state index in [2.05, 4.69) is 4.98 Å². The van der Waals surface area contributed by atoms with Crippen LogP contribution in [0.4, 0.5) is 0 Å². The molecule has 2 fully saturated rings. The second kappa shape index (κ2) is 4.80. The number of aryl methyl sites for hydroxylation is 1. The lowest BCUT2D eigenvalue weighted by atomic mass is 9.92. The van der Waals surface area contributed by atoms with Crippen LogP contribution in [-0.2, 0) is 4.74 Å². The molecule has 102 valence electrons. The Balaban J connectivity index is 1.63. The van der Waals surface area contributed by atoms with Gasteiger partial charge in [0, 0.05) is 38.3 Å². The minimum absolute atomic E-state index is 0.100. The molecule has 0 bridgehead atoms. The second-order valence-corrected chi connectivity index (χ2v) is 6.96. The maximum absolute atomic E-state index is 12.3. The van der Waals surface area contributed by atoms with Gasteiger partial charge in [0.2, 0.25) is 0 Å². The average molecular weight is 278 g/mol. The van der Waals surface area contributed by atoms with E-state index in [9.17, 15) is 4.79 Å². The van der Waals surface area contributed by atoms with Crippen molar-refractivity contribution in [1.82, 2.24) is 9.88 Å². The Morgan fingerprint density at radius 2 is 2.32 bits per heavy atom. The predicted molar refractivity (Wildman–Crippen MR) is 75.5 cm³/mol. The topological polar surface area (TPSA) is 42.4 Å². The van der Waals surface area contributed by atoms with Gasteiger partial charge in [-0.3, -0.25) is 9.78 Å². The minimum atomic E-state index is 0.100. The molecule has 1 aromatic heterocycles. The van der Waals surface area contributed by atoms with E-state index < -0.39 is 0 Å². The van der Waals surface area contributed by atoms with Gasteiger partial charge in [0.1, 0.15) is 0 Å². The second-order valence-electron chi connectivity index (χ2n) is 5.47. The Hall–Kier alpha value is -1.07. The molecule has 0 radical (unpaired) electrons. The molecule has 1 aromatic rings. The molecule has 4 nitrogen and oxygen atoms in total. The molecular weight excluding hydrogens is 260 g/mol. The normalized spacial score (nSPS) is 24.5. The van der Waals surface area contributed by atoms with Crippen molar-refractivity contribution in [2.45, 2.75) is 24.2 Å². The molecule has 0 N–H and O–H groups in total. The molecule has 1 spiro atoms. The summed E-state index contributed by atoms with van der Waals surface area (Å²) in [5.74, 6) is 1.15. The quantitative estimate of drug-likeness (QED) is 0.826. The molecule has 3 heterocycles. The van der Waals surface area contributed by atoms with Crippen molar-refractivity contribution in [3.05, 3.63) is 29.6 Å². The van der Waals surface area contributed by atoms with Gasteiger partial charge in [-0.25, -0.2) is 0 Å². The van der Waals surface area contributed by atoms with Crippen molar-refractivity contribution in [3.8, 4) is 0 Å². The van der Waals surface area contributed by atoms with Crippen LogP contribution in [0.25, 0.3) is 0 Å². The van der Waals surface area contributed by atoms with E-state index in [4.69, 9.17) is 4.74 Å². The van der Waals surface area contributed by atoms with Gasteiger partial charge in [-0.2, -0.15) is 0 Å². The molecule has 2 saturated heterocycles. The Morgan fingerprint density at radius 1 is 1.53 bits per heavy atom. The standard InChI is InChI=1S/C14H18N2O2S/c1-10-3-11(6-15-5-10)13(17)16-8-14(9-16)4-12(18-2)7-19-14/h3,5-6,12H,4,7-9H2,1-2H3/t12-/m1/s1. The third-order valence-electron chi connectivity index (χ3n) is 3.88. The number of pyridine rings is 1. The predicted octanol–water partition coefficient (Wildman–Crippen LogP) is 1.74. The molecular formula is C14H18N2O2S. The molecule has 2 aliphatic rings. The van der Waals surface area contributed by atoms with Gasteiger partial charge in [0.25, 0.3) is 5.91 Å². The average Bonchev–Trinajstić information content (AvgIpc) is 2.80. The minimum Gasteiger partial charge on any atom is -0.381 e. The first-order valence-corrected chi connectivity index (χ1v) is 7.48. The molecule has 3 rings (SSSR count).